The molecule has 2 aromatic rings. The molecule has 0 spiro atoms. The minimum atomic E-state index is 0.570. The summed E-state index contributed by atoms with van der Waals surface area (Å²) < 4.78 is 8.14. The SMILES string of the molecule is N#CC(=Cc1cc(Br)c(I)o1)c1ccc(Br)cc1. The normalized spacial score (nSPS) is 11.3. The standard InChI is InChI=1S/C13H6Br2INO/c14-10-3-1-8(2-4-10)9(7-17)5-11-6-12(15)13(16)18-11/h1-6H. The van der Waals surface area contributed by atoms with Gasteiger partial charge in [-0.3, -0.25) is 0 Å². The molecular weight excluding hydrogens is 473 g/mol. The van der Waals surface area contributed by atoms with E-state index in [-0.39, 0.29) is 0 Å². The van der Waals surface area contributed by atoms with Gasteiger partial charge in [-0.05, 0) is 45.8 Å². The van der Waals surface area contributed by atoms with Crippen LogP contribution in [0.1, 0.15) is 11.3 Å². The summed E-state index contributed by atoms with van der Waals surface area (Å²) in [7, 11) is 0. The topological polar surface area (TPSA) is 36.9 Å². The van der Waals surface area contributed by atoms with Crippen molar-refractivity contribution in [1.82, 2.24) is 0 Å². The van der Waals surface area contributed by atoms with Crippen molar-refractivity contribution in [3.05, 3.63) is 54.4 Å². The average Bonchev–Trinajstić information content (AvgIpc) is 2.67. The number of hydrogen-bond donors (Lipinski definition) is 0. The Morgan fingerprint density at radius 3 is 2.44 bits per heavy atom. The van der Waals surface area contributed by atoms with Crippen molar-refractivity contribution < 1.29 is 4.42 Å². The number of allylic oxidation sites excluding steroid dienone is 1. The summed E-state index contributed by atoms with van der Waals surface area (Å²) in [6.45, 7) is 0. The van der Waals surface area contributed by atoms with E-state index in [9.17, 15) is 5.26 Å². The fourth-order valence-electron chi connectivity index (χ4n) is 1.39. The van der Waals surface area contributed by atoms with Gasteiger partial charge in [0.05, 0.1) is 16.1 Å². The Morgan fingerprint density at radius 1 is 1.28 bits per heavy atom. The van der Waals surface area contributed by atoms with Crippen LogP contribution in [0.15, 0.2) is 43.7 Å². The van der Waals surface area contributed by atoms with E-state index in [0.717, 1.165) is 18.3 Å². The first-order valence-electron chi connectivity index (χ1n) is 4.92. The second-order valence-corrected chi connectivity index (χ2v) is 6.20. The highest BCUT2D eigenvalue weighted by atomic mass is 127. The minimum Gasteiger partial charge on any atom is -0.450 e. The molecule has 1 aromatic carbocycles. The highest BCUT2D eigenvalue weighted by molar-refractivity contribution is 14.1. The monoisotopic (exact) mass is 477 g/mol. The third kappa shape index (κ3) is 3.25. The number of benzene rings is 1. The van der Waals surface area contributed by atoms with E-state index in [4.69, 9.17) is 4.42 Å². The number of furan rings is 1. The maximum absolute atomic E-state index is 9.20. The molecule has 0 aliphatic carbocycles. The van der Waals surface area contributed by atoms with Crippen molar-refractivity contribution in [1.29, 1.82) is 5.26 Å². The molecule has 0 fully saturated rings. The lowest BCUT2D eigenvalue weighted by molar-refractivity contribution is 0.527. The van der Waals surface area contributed by atoms with E-state index in [1.807, 2.05) is 30.3 Å². The average molecular weight is 479 g/mol. The Labute approximate surface area is 135 Å². The second kappa shape index (κ2) is 6.04. The number of hydrogen-bond acceptors (Lipinski definition) is 2. The van der Waals surface area contributed by atoms with Gasteiger partial charge in [0.1, 0.15) is 5.76 Å². The van der Waals surface area contributed by atoms with Crippen LogP contribution in [0.4, 0.5) is 0 Å². The molecule has 18 heavy (non-hydrogen) atoms. The zero-order chi connectivity index (χ0) is 13.1. The van der Waals surface area contributed by atoms with Crippen LogP contribution in [0.5, 0.6) is 0 Å². The van der Waals surface area contributed by atoms with Crippen LogP contribution in [0.25, 0.3) is 11.6 Å². The van der Waals surface area contributed by atoms with Crippen LogP contribution in [-0.2, 0) is 0 Å². The molecular formula is C13H6Br2INO. The van der Waals surface area contributed by atoms with Gasteiger partial charge >= 0.3 is 0 Å². The maximum atomic E-state index is 9.20. The molecule has 0 aliphatic heterocycles. The molecule has 0 N–H and O–H groups in total. The summed E-state index contributed by atoms with van der Waals surface area (Å²) in [6.07, 6.45) is 1.73. The number of rotatable bonds is 2. The smallest absolute Gasteiger partial charge is 0.178 e. The van der Waals surface area contributed by atoms with Crippen molar-refractivity contribution in [2.45, 2.75) is 0 Å². The molecule has 0 bridgehead atoms. The molecule has 90 valence electrons. The van der Waals surface area contributed by atoms with Gasteiger partial charge in [-0.25, -0.2) is 0 Å². The highest BCUT2D eigenvalue weighted by Crippen LogP contribution is 2.26. The molecule has 2 nitrogen and oxygen atoms in total. The summed E-state index contributed by atoms with van der Waals surface area (Å²) in [5.74, 6) is 0.658. The van der Waals surface area contributed by atoms with Crippen LogP contribution in [0, 0.1) is 15.1 Å². The first kappa shape index (κ1) is 13.8. The predicted octanol–water partition coefficient (Wildman–Crippen LogP) is 5.47. The van der Waals surface area contributed by atoms with Crippen molar-refractivity contribution in [2.75, 3.05) is 0 Å². The molecule has 2 rings (SSSR count). The summed E-state index contributed by atoms with van der Waals surface area (Å²) in [6, 6.07) is 11.6. The number of nitrogens with zero attached hydrogens (tertiary/aromatic N) is 1. The molecule has 0 radical (unpaired) electrons. The van der Waals surface area contributed by atoms with Gasteiger partial charge in [0.25, 0.3) is 0 Å². The Kier molecular flexibility index (Phi) is 4.65. The van der Waals surface area contributed by atoms with Gasteiger partial charge in [-0.15, -0.1) is 0 Å². The van der Waals surface area contributed by atoms with E-state index in [1.54, 1.807) is 6.08 Å². The Morgan fingerprint density at radius 2 is 1.94 bits per heavy atom. The summed E-state index contributed by atoms with van der Waals surface area (Å²) in [5.41, 5.74) is 1.43. The van der Waals surface area contributed by atoms with Crippen LogP contribution < -0.4 is 0 Å². The number of halogens is 3. The van der Waals surface area contributed by atoms with E-state index in [0.29, 0.717) is 11.3 Å². The molecule has 0 amide bonds. The van der Waals surface area contributed by atoms with Crippen molar-refractivity contribution in [2.24, 2.45) is 0 Å². The Bertz CT molecular complexity index is 619. The van der Waals surface area contributed by atoms with Gasteiger partial charge in [-0.1, -0.05) is 28.1 Å². The van der Waals surface area contributed by atoms with Gasteiger partial charge in [0.15, 0.2) is 3.77 Å². The third-order valence-electron chi connectivity index (χ3n) is 2.23. The van der Waals surface area contributed by atoms with E-state index in [2.05, 4.69) is 60.5 Å². The van der Waals surface area contributed by atoms with Gasteiger partial charge in [0, 0.05) is 27.1 Å². The van der Waals surface area contributed by atoms with Crippen LogP contribution in [0.2, 0.25) is 0 Å². The molecule has 0 atom stereocenters. The molecule has 0 saturated heterocycles. The molecule has 5 heteroatoms. The summed E-state index contributed by atoms with van der Waals surface area (Å²) >= 11 is 8.83. The minimum absolute atomic E-state index is 0.570. The fraction of sp³-hybridized carbons (Fsp3) is 0. The molecule has 1 aromatic heterocycles. The highest BCUT2D eigenvalue weighted by Gasteiger charge is 2.06. The van der Waals surface area contributed by atoms with Crippen molar-refractivity contribution >= 4 is 66.1 Å². The molecule has 1 heterocycles. The van der Waals surface area contributed by atoms with Crippen LogP contribution in [-0.4, -0.2) is 0 Å². The Balaban J connectivity index is 2.40. The third-order valence-corrected chi connectivity index (χ3v) is 4.89. The lowest BCUT2D eigenvalue weighted by Crippen LogP contribution is -1.80. The molecule has 0 saturated carbocycles. The lowest BCUT2D eigenvalue weighted by Gasteiger charge is -1.98. The first-order valence-corrected chi connectivity index (χ1v) is 7.59. The first-order chi connectivity index (χ1) is 8.60. The van der Waals surface area contributed by atoms with E-state index in [1.165, 1.54) is 0 Å². The summed E-state index contributed by atoms with van der Waals surface area (Å²) in [5, 5.41) is 9.20. The fourth-order valence-corrected chi connectivity index (χ4v) is 2.37. The number of nitriles is 1. The van der Waals surface area contributed by atoms with Gasteiger partial charge in [0.2, 0.25) is 0 Å². The Hall–Kier alpha value is -0.580. The quantitative estimate of drug-likeness (QED) is 0.424. The second-order valence-electron chi connectivity index (χ2n) is 3.45. The molecule has 0 unspecified atom stereocenters. The van der Waals surface area contributed by atoms with Crippen molar-refractivity contribution in [3.63, 3.8) is 0 Å². The summed E-state index contributed by atoms with van der Waals surface area (Å²) in [4.78, 5) is 0. The van der Waals surface area contributed by atoms with E-state index < -0.39 is 0 Å². The van der Waals surface area contributed by atoms with Crippen molar-refractivity contribution in [3.8, 4) is 6.07 Å². The zero-order valence-corrected chi connectivity index (χ0v) is 14.3. The molecule has 0 aliphatic rings. The van der Waals surface area contributed by atoms with Gasteiger partial charge in [-0.2, -0.15) is 5.26 Å². The maximum Gasteiger partial charge on any atom is 0.178 e. The zero-order valence-electron chi connectivity index (χ0n) is 8.95. The van der Waals surface area contributed by atoms with Crippen LogP contribution in [0.3, 0.4) is 0 Å². The largest absolute Gasteiger partial charge is 0.450 e. The van der Waals surface area contributed by atoms with Crippen LogP contribution >= 0.6 is 54.5 Å². The van der Waals surface area contributed by atoms with E-state index >= 15 is 0 Å². The van der Waals surface area contributed by atoms with Gasteiger partial charge < -0.3 is 4.42 Å². The lowest BCUT2D eigenvalue weighted by atomic mass is 10.1. The predicted molar refractivity (Wildman–Crippen MR) is 86.8 cm³/mol.